The van der Waals surface area contributed by atoms with Crippen LogP contribution in [0.3, 0.4) is 0 Å². The van der Waals surface area contributed by atoms with E-state index in [0.29, 0.717) is 24.2 Å². The maximum absolute atomic E-state index is 12.8. The lowest BCUT2D eigenvalue weighted by molar-refractivity contribution is 0.0234. The van der Waals surface area contributed by atoms with Crippen LogP contribution in [0.15, 0.2) is 41.1 Å². The smallest absolute Gasteiger partial charge is 0.274 e. The highest BCUT2D eigenvalue weighted by atomic mass is 16.5. The predicted octanol–water partition coefficient (Wildman–Crippen LogP) is 2.27. The number of aliphatic hydroxyl groups excluding tert-OH is 2. The zero-order valence-electron chi connectivity index (χ0n) is 14.9. The number of aromatic nitrogens is 2. The molecule has 3 N–H and O–H groups in total. The molecule has 0 saturated heterocycles. The number of fused-ring (bicyclic) bond motifs is 1. The molecule has 1 aromatic carbocycles. The summed E-state index contributed by atoms with van der Waals surface area (Å²) >= 11 is 0. The van der Waals surface area contributed by atoms with Gasteiger partial charge >= 0.3 is 0 Å². The molecule has 140 valence electrons. The normalized spacial score (nSPS) is 20.3. The molecule has 4 rings (SSSR count). The van der Waals surface area contributed by atoms with E-state index < -0.39 is 5.91 Å². The number of amides is 1. The average Bonchev–Trinajstić information content (AvgIpc) is 3.04. The second kappa shape index (κ2) is 7.09. The molecular weight excluding hydrogens is 346 g/mol. The Hall–Kier alpha value is -2.77. The number of hydrogen-bond acceptors (Lipinski definition) is 6. The van der Waals surface area contributed by atoms with Gasteiger partial charge < -0.3 is 20.1 Å². The van der Waals surface area contributed by atoms with E-state index >= 15 is 0 Å². The molecule has 7 heteroatoms. The number of hydrogen-bond donors (Lipinski definition) is 3. The standard InChI is InChI=1S/C20H21N3O4/c1-11-16(10-24)19(23-27-11)20(26)22-18(13-7-15(25)8-13)14-6-12-4-2-3-5-17(12)21-9-14/h2-6,9,13,15,18,24-25H,7-8,10H2,1H3,(H,22,26)/t13?,15?,18-/m1/s1. The van der Waals surface area contributed by atoms with Gasteiger partial charge in [-0.15, -0.1) is 0 Å². The van der Waals surface area contributed by atoms with Crippen molar-refractivity contribution in [3.63, 3.8) is 0 Å². The Morgan fingerprint density at radius 2 is 2.15 bits per heavy atom. The van der Waals surface area contributed by atoms with Crippen LogP contribution in [0.1, 0.15) is 46.3 Å². The molecule has 1 amide bonds. The molecular formula is C20H21N3O4. The van der Waals surface area contributed by atoms with Crippen LogP contribution in [-0.4, -0.2) is 32.4 Å². The third kappa shape index (κ3) is 3.31. The number of nitrogens with one attached hydrogen (secondary N) is 1. The molecule has 0 bridgehead atoms. The predicted molar refractivity (Wildman–Crippen MR) is 97.8 cm³/mol. The maximum Gasteiger partial charge on any atom is 0.274 e. The molecule has 1 aliphatic rings. The van der Waals surface area contributed by atoms with Crippen molar-refractivity contribution in [1.29, 1.82) is 0 Å². The zero-order valence-corrected chi connectivity index (χ0v) is 14.9. The molecule has 0 unspecified atom stereocenters. The van der Waals surface area contributed by atoms with Gasteiger partial charge in [0.05, 0.1) is 29.8 Å². The van der Waals surface area contributed by atoms with Crippen molar-refractivity contribution in [2.24, 2.45) is 5.92 Å². The number of carbonyl (C=O) groups is 1. The van der Waals surface area contributed by atoms with Gasteiger partial charge in [0.2, 0.25) is 0 Å². The SMILES string of the molecule is Cc1onc(C(=O)N[C@@H](c2cnc3ccccc3c2)C2CC(O)C2)c1CO. The highest BCUT2D eigenvalue weighted by Crippen LogP contribution is 2.38. The van der Waals surface area contributed by atoms with Gasteiger partial charge in [-0.3, -0.25) is 9.78 Å². The first-order valence-electron chi connectivity index (χ1n) is 8.96. The molecule has 1 aliphatic carbocycles. The summed E-state index contributed by atoms with van der Waals surface area (Å²) in [4.78, 5) is 17.3. The van der Waals surface area contributed by atoms with Crippen molar-refractivity contribution in [2.75, 3.05) is 0 Å². The summed E-state index contributed by atoms with van der Waals surface area (Å²) in [5.41, 5.74) is 2.24. The van der Waals surface area contributed by atoms with Gasteiger partial charge in [-0.1, -0.05) is 23.4 Å². The van der Waals surface area contributed by atoms with E-state index in [4.69, 9.17) is 4.52 Å². The van der Waals surface area contributed by atoms with E-state index in [9.17, 15) is 15.0 Å². The summed E-state index contributed by atoms with van der Waals surface area (Å²) in [5.74, 6) is 0.124. The van der Waals surface area contributed by atoms with Gasteiger partial charge in [0, 0.05) is 11.6 Å². The second-order valence-corrected chi connectivity index (χ2v) is 7.02. The highest BCUT2D eigenvalue weighted by molar-refractivity contribution is 5.94. The number of para-hydroxylation sites is 1. The van der Waals surface area contributed by atoms with Crippen LogP contribution in [0.5, 0.6) is 0 Å². The van der Waals surface area contributed by atoms with Gasteiger partial charge in [0.25, 0.3) is 5.91 Å². The Labute approximate surface area is 156 Å². The third-order valence-corrected chi connectivity index (χ3v) is 5.24. The fourth-order valence-electron chi connectivity index (χ4n) is 3.60. The molecule has 3 aromatic rings. The topological polar surface area (TPSA) is 108 Å². The summed E-state index contributed by atoms with van der Waals surface area (Å²) in [6.07, 6.45) is 2.65. The van der Waals surface area contributed by atoms with Crippen LogP contribution in [-0.2, 0) is 6.61 Å². The van der Waals surface area contributed by atoms with E-state index in [1.54, 1.807) is 13.1 Å². The lowest BCUT2D eigenvalue weighted by atomic mass is 9.75. The summed E-state index contributed by atoms with van der Waals surface area (Å²) in [6.45, 7) is 1.34. The highest BCUT2D eigenvalue weighted by Gasteiger charge is 2.36. The second-order valence-electron chi connectivity index (χ2n) is 7.02. The molecule has 2 aromatic heterocycles. The zero-order chi connectivity index (χ0) is 19.0. The van der Waals surface area contributed by atoms with Crippen molar-refractivity contribution >= 4 is 16.8 Å². The molecule has 0 radical (unpaired) electrons. The molecule has 1 fully saturated rings. The number of rotatable bonds is 5. The minimum absolute atomic E-state index is 0.0913. The number of pyridine rings is 1. The van der Waals surface area contributed by atoms with Crippen molar-refractivity contribution in [3.8, 4) is 0 Å². The Morgan fingerprint density at radius 3 is 2.89 bits per heavy atom. The van der Waals surface area contributed by atoms with Crippen LogP contribution in [0, 0.1) is 12.8 Å². The van der Waals surface area contributed by atoms with Crippen LogP contribution < -0.4 is 5.32 Å². The van der Waals surface area contributed by atoms with E-state index in [-0.39, 0.29) is 30.4 Å². The van der Waals surface area contributed by atoms with Crippen LogP contribution >= 0.6 is 0 Å². The first kappa shape index (κ1) is 17.6. The number of carbonyl (C=O) groups excluding carboxylic acids is 1. The third-order valence-electron chi connectivity index (χ3n) is 5.24. The van der Waals surface area contributed by atoms with Gasteiger partial charge in [-0.25, -0.2) is 0 Å². The summed E-state index contributed by atoms with van der Waals surface area (Å²) in [6, 6.07) is 9.50. The fraction of sp³-hybridized carbons (Fsp3) is 0.350. The molecule has 1 atom stereocenters. The average molecular weight is 367 g/mol. The summed E-state index contributed by atoms with van der Waals surface area (Å²) in [5, 5.41) is 27.0. The monoisotopic (exact) mass is 367 g/mol. The van der Waals surface area contributed by atoms with E-state index in [0.717, 1.165) is 16.5 Å². The molecule has 7 nitrogen and oxygen atoms in total. The molecule has 0 aliphatic heterocycles. The quantitative estimate of drug-likeness (QED) is 0.638. The molecule has 27 heavy (non-hydrogen) atoms. The lowest BCUT2D eigenvalue weighted by Crippen LogP contribution is -2.41. The molecule has 0 spiro atoms. The number of aliphatic hydroxyl groups is 2. The Morgan fingerprint density at radius 1 is 1.37 bits per heavy atom. The Kier molecular flexibility index (Phi) is 4.63. The van der Waals surface area contributed by atoms with Gasteiger partial charge in [-0.05, 0) is 43.4 Å². The van der Waals surface area contributed by atoms with Crippen molar-refractivity contribution in [3.05, 3.63) is 59.1 Å². The van der Waals surface area contributed by atoms with E-state index in [1.165, 1.54) is 0 Å². The molecule has 2 heterocycles. The first-order chi connectivity index (χ1) is 13.1. The number of aryl methyl sites for hydroxylation is 1. The van der Waals surface area contributed by atoms with Crippen molar-refractivity contribution in [2.45, 2.75) is 38.5 Å². The summed E-state index contributed by atoms with van der Waals surface area (Å²) in [7, 11) is 0. The minimum Gasteiger partial charge on any atom is -0.393 e. The van der Waals surface area contributed by atoms with E-state index in [1.807, 2.05) is 30.3 Å². The van der Waals surface area contributed by atoms with Gasteiger partial charge in [0.15, 0.2) is 5.69 Å². The maximum atomic E-state index is 12.8. The summed E-state index contributed by atoms with van der Waals surface area (Å²) < 4.78 is 5.05. The number of benzene rings is 1. The lowest BCUT2D eigenvalue weighted by Gasteiger charge is -2.38. The van der Waals surface area contributed by atoms with Crippen molar-refractivity contribution < 1.29 is 19.5 Å². The minimum atomic E-state index is -0.407. The van der Waals surface area contributed by atoms with Gasteiger partial charge in [0.1, 0.15) is 5.76 Å². The number of nitrogens with zero attached hydrogens (tertiary/aromatic N) is 2. The largest absolute Gasteiger partial charge is 0.393 e. The van der Waals surface area contributed by atoms with Gasteiger partial charge in [-0.2, -0.15) is 0 Å². The first-order valence-corrected chi connectivity index (χ1v) is 8.96. The van der Waals surface area contributed by atoms with Crippen LogP contribution in [0.2, 0.25) is 0 Å². The fourth-order valence-corrected chi connectivity index (χ4v) is 3.60. The van der Waals surface area contributed by atoms with Crippen LogP contribution in [0.4, 0.5) is 0 Å². The van der Waals surface area contributed by atoms with Crippen LogP contribution in [0.25, 0.3) is 10.9 Å². The van der Waals surface area contributed by atoms with E-state index in [2.05, 4.69) is 15.5 Å². The molecule has 1 saturated carbocycles. The Bertz CT molecular complexity index is 978. The van der Waals surface area contributed by atoms with Crippen molar-refractivity contribution in [1.82, 2.24) is 15.5 Å². The Balaban J connectivity index is 1.65.